The first-order chi connectivity index (χ1) is 8.67. The SMILES string of the molecule is CCNC(CCCOC)CC1CN(C)CCN1C. The summed E-state index contributed by atoms with van der Waals surface area (Å²) in [4.78, 5) is 4.96. The summed E-state index contributed by atoms with van der Waals surface area (Å²) >= 11 is 0. The van der Waals surface area contributed by atoms with Gasteiger partial charge >= 0.3 is 0 Å². The standard InChI is InChI=1S/C14H31N3O/c1-5-15-13(7-6-10-18-4)11-14-12-16(2)8-9-17(14)3/h13-15H,5-12H2,1-4H3. The lowest BCUT2D eigenvalue weighted by atomic mass is 10.00. The third-order valence-corrected chi connectivity index (χ3v) is 3.93. The largest absolute Gasteiger partial charge is 0.385 e. The number of hydrogen-bond donors (Lipinski definition) is 1. The summed E-state index contributed by atoms with van der Waals surface area (Å²) in [5, 5.41) is 3.62. The molecule has 108 valence electrons. The van der Waals surface area contributed by atoms with Crippen LogP contribution in [-0.4, -0.2) is 75.9 Å². The van der Waals surface area contributed by atoms with Crippen molar-refractivity contribution < 1.29 is 4.74 Å². The number of ether oxygens (including phenoxy) is 1. The van der Waals surface area contributed by atoms with Crippen LogP contribution in [0.3, 0.4) is 0 Å². The lowest BCUT2D eigenvalue weighted by molar-refractivity contribution is 0.0986. The molecule has 0 amide bonds. The Balaban J connectivity index is 2.37. The maximum atomic E-state index is 5.15. The van der Waals surface area contributed by atoms with Crippen LogP contribution in [0.5, 0.6) is 0 Å². The summed E-state index contributed by atoms with van der Waals surface area (Å²) in [5.41, 5.74) is 0. The minimum Gasteiger partial charge on any atom is -0.385 e. The van der Waals surface area contributed by atoms with Crippen molar-refractivity contribution in [3.05, 3.63) is 0 Å². The molecule has 0 bridgehead atoms. The van der Waals surface area contributed by atoms with Crippen LogP contribution >= 0.6 is 0 Å². The Hall–Kier alpha value is -0.160. The van der Waals surface area contributed by atoms with Crippen LogP contribution < -0.4 is 5.32 Å². The molecule has 18 heavy (non-hydrogen) atoms. The lowest BCUT2D eigenvalue weighted by Gasteiger charge is -2.39. The molecule has 2 unspecified atom stereocenters. The first kappa shape index (κ1) is 15.9. The van der Waals surface area contributed by atoms with Crippen LogP contribution in [0, 0.1) is 0 Å². The van der Waals surface area contributed by atoms with E-state index >= 15 is 0 Å². The highest BCUT2D eigenvalue weighted by molar-refractivity contribution is 4.83. The number of nitrogens with one attached hydrogen (secondary N) is 1. The predicted molar refractivity (Wildman–Crippen MR) is 77.1 cm³/mol. The molecule has 0 spiro atoms. The molecule has 1 aliphatic rings. The number of methoxy groups -OCH3 is 1. The van der Waals surface area contributed by atoms with Gasteiger partial charge in [-0.05, 0) is 39.9 Å². The Morgan fingerprint density at radius 3 is 2.78 bits per heavy atom. The average molecular weight is 257 g/mol. The van der Waals surface area contributed by atoms with Crippen molar-refractivity contribution in [2.75, 3.05) is 54.0 Å². The zero-order valence-electron chi connectivity index (χ0n) is 12.6. The maximum absolute atomic E-state index is 5.15. The Kier molecular flexibility index (Phi) is 7.82. The second-order valence-electron chi connectivity index (χ2n) is 5.52. The zero-order valence-corrected chi connectivity index (χ0v) is 12.6. The van der Waals surface area contributed by atoms with Gasteiger partial charge in [0.05, 0.1) is 0 Å². The fourth-order valence-electron chi connectivity index (χ4n) is 2.75. The van der Waals surface area contributed by atoms with Gasteiger partial charge in [0.1, 0.15) is 0 Å². The summed E-state index contributed by atoms with van der Waals surface area (Å²) in [5.74, 6) is 0. The van der Waals surface area contributed by atoms with Crippen LogP contribution in [0.2, 0.25) is 0 Å². The van der Waals surface area contributed by atoms with Gasteiger partial charge in [0.2, 0.25) is 0 Å². The molecule has 1 heterocycles. The monoisotopic (exact) mass is 257 g/mol. The van der Waals surface area contributed by atoms with E-state index in [0.29, 0.717) is 12.1 Å². The molecule has 4 nitrogen and oxygen atoms in total. The number of likely N-dealkylation sites (N-methyl/N-ethyl adjacent to an activating group) is 2. The van der Waals surface area contributed by atoms with Gasteiger partial charge in [0.15, 0.2) is 0 Å². The van der Waals surface area contributed by atoms with E-state index in [1.165, 1.54) is 32.5 Å². The molecule has 0 radical (unpaired) electrons. The maximum Gasteiger partial charge on any atom is 0.0462 e. The van der Waals surface area contributed by atoms with Crippen molar-refractivity contribution in [2.45, 2.75) is 38.3 Å². The number of piperazine rings is 1. The van der Waals surface area contributed by atoms with E-state index in [1.54, 1.807) is 7.11 Å². The quantitative estimate of drug-likeness (QED) is 0.657. The highest BCUT2D eigenvalue weighted by atomic mass is 16.5. The molecule has 1 aliphatic heterocycles. The molecule has 1 fully saturated rings. The van der Waals surface area contributed by atoms with E-state index in [9.17, 15) is 0 Å². The van der Waals surface area contributed by atoms with E-state index in [-0.39, 0.29) is 0 Å². The zero-order chi connectivity index (χ0) is 13.4. The Bertz CT molecular complexity index is 213. The van der Waals surface area contributed by atoms with E-state index in [0.717, 1.165) is 19.6 Å². The third kappa shape index (κ3) is 5.65. The smallest absolute Gasteiger partial charge is 0.0462 e. The Morgan fingerprint density at radius 2 is 2.11 bits per heavy atom. The lowest BCUT2D eigenvalue weighted by Crippen LogP contribution is -2.52. The number of rotatable bonds is 8. The van der Waals surface area contributed by atoms with Gasteiger partial charge in [-0.3, -0.25) is 0 Å². The molecule has 2 atom stereocenters. The fraction of sp³-hybridized carbons (Fsp3) is 1.00. The van der Waals surface area contributed by atoms with Gasteiger partial charge in [0, 0.05) is 45.4 Å². The van der Waals surface area contributed by atoms with Crippen LogP contribution in [0.4, 0.5) is 0 Å². The molecule has 0 saturated carbocycles. The van der Waals surface area contributed by atoms with E-state index < -0.39 is 0 Å². The van der Waals surface area contributed by atoms with Gasteiger partial charge in [-0.1, -0.05) is 6.92 Å². The summed E-state index contributed by atoms with van der Waals surface area (Å²) in [6.07, 6.45) is 3.62. The first-order valence-corrected chi connectivity index (χ1v) is 7.28. The Morgan fingerprint density at radius 1 is 1.33 bits per heavy atom. The Labute approximate surface area is 113 Å². The predicted octanol–water partition coefficient (Wildman–Crippen LogP) is 1.03. The molecule has 1 rings (SSSR count). The van der Waals surface area contributed by atoms with Crippen molar-refractivity contribution in [3.8, 4) is 0 Å². The summed E-state index contributed by atoms with van der Waals surface area (Å²) < 4.78 is 5.15. The van der Waals surface area contributed by atoms with Gasteiger partial charge in [-0.25, -0.2) is 0 Å². The van der Waals surface area contributed by atoms with E-state index in [1.807, 2.05) is 0 Å². The molecule has 4 heteroatoms. The van der Waals surface area contributed by atoms with Crippen LogP contribution in [0.25, 0.3) is 0 Å². The molecule has 1 N–H and O–H groups in total. The van der Waals surface area contributed by atoms with Crippen molar-refractivity contribution in [1.82, 2.24) is 15.1 Å². The minimum atomic E-state index is 0.629. The van der Waals surface area contributed by atoms with E-state index in [4.69, 9.17) is 4.74 Å². The number of hydrogen-bond acceptors (Lipinski definition) is 4. The highest BCUT2D eigenvalue weighted by Crippen LogP contribution is 2.14. The van der Waals surface area contributed by atoms with Gasteiger partial charge in [0.25, 0.3) is 0 Å². The summed E-state index contributed by atoms with van der Waals surface area (Å²) in [7, 11) is 6.27. The van der Waals surface area contributed by atoms with Crippen LogP contribution in [0.1, 0.15) is 26.2 Å². The molecule has 0 aromatic rings. The highest BCUT2D eigenvalue weighted by Gasteiger charge is 2.24. The van der Waals surface area contributed by atoms with Crippen molar-refractivity contribution >= 4 is 0 Å². The second kappa shape index (κ2) is 8.86. The molecule has 0 aromatic carbocycles. The third-order valence-electron chi connectivity index (χ3n) is 3.93. The first-order valence-electron chi connectivity index (χ1n) is 7.28. The molecule has 1 saturated heterocycles. The summed E-state index contributed by atoms with van der Waals surface area (Å²) in [6.45, 7) is 7.72. The van der Waals surface area contributed by atoms with Crippen molar-refractivity contribution in [1.29, 1.82) is 0 Å². The number of nitrogens with zero attached hydrogens (tertiary/aromatic N) is 2. The van der Waals surface area contributed by atoms with Gasteiger partial charge < -0.3 is 19.9 Å². The summed E-state index contributed by atoms with van der Waals surface area (Å²) in [6, 6.07) is 1.32. The normalized spacial score (nSPS) is 24.3. The van der Waals surface area contributed by atoms with Crippen molar-refractivity contribution in [2.24, 2.45) is 0 Å². The topological polar surface area (TPSA) is 27.7 Å². The molecule has 0 aromatic heterocycles. The van der Waals surface area contributed by atoms with Gasteiger partial charge in [-0.15, -0.1) is 0 Å². The van der Waals surface area contributed by atoms with Crippen LogP contribution in [0.15, 0.2) is 0 Å². The molecular formula is C14H31N3O. The second-order valence-corrected chi connectivity index (χ2v) is 5.52. The molecule has 0 aliphatic carbocycles. The van der Waals surface area contributed by atoms with E-state index in [2.05, 4.69) is 36.1 Å². The molecular weight excluding hydrogens is 226 g/mol. The fourth-order valence-corrected chi connectivity index (χ4v) is 2.75. The average Bonchev–Trinajstić information content (AvgIpc) is 2.34. The van der Waals surface area contributed by atoms with Crippen LogP contribution in [-0.2, 0) is 4.74 Å². The van der Waals surface area contributed by atoms with Crippen molar-refractivity contribution in [3.63, 3.8) is 0 Å². The van der Waals surface area contributed by atoms with Gasteiger partial charge in [-0.2, -0.15) is 0 Å². The minimum absolute atomic E-state index is 0.629.